The fourth-order valence-electron chi connectivity index (χ4n) is 2.82. The van der Waals surface area contributed by atoms with E-state index in [9.17, 15) is 9.59 Å². The number of halogens is 1. The number of thiocarbonyl (C=S) groups is 1. The summed E-state index contributed by atoms with van der Waals surface area (Å²) < 4.78 is 16.3. The molecule has 0 spiro atoms. The van der Waals surface area contributed by atoms with Crippen molar-refractivity contribution in [2.75, 3.05) is 40.0 Å². The number of hydrogen-bond acceptors (Lipinski definition) is 6. The lowest BCUT2D eigenvalue weighted by molar-refractivity contribution is -0.149. The molecule has 1 saturated heterocycles. The van der Waals surface area contributed by atoms with Gasteiger partial charge in [0.2, 0.25) is 0 Å². The van der Waals surface area contributed by atoms with Gasteiger partial charge in [0.15, 0.2) is 5.11 Å². The quantitative estimate of drug-likeness (QED) is 0.371. The summed E-state index contributed by atoms with van der Waals surface area (Å²) >= 11 is 8.77. The number of carbonyl (C=O) groups excluding carboxylic acids is 2. The highest BCUT2D eigenvalue weighted by Crippen LogP contribution is 2.26. The number of rotatable bonds is 7. The Balaban J connectivity index is 1.86. The number of nitrogens with zero attached hydrogens (tertiary/aromatic N) is 1. The molecule has 7 nitrogen and oxygen atoms in total. The number of hydrogen-bond donors (Lipinski definition) is 1. The van der Waals surface area contributed by atoms with Crippen LogP contribution in [0, 0.1) is 5.92 Å². The third-order valence-electron chi connectivity index (χ3n) is 4.36. The Labute approximate surface area is 178 Å². The summed E-state index contributed by atoms with van der Waals surface area (Å²) in [4.78, 5) is 26.2. The molecule has 0 aliphatic carbocycles. The van der Waals surface area contributed by atoms with E-state index in [1.807, 2.05) is 4.90 Å². The number of carbonyl (C=O) groups is 2. The molecule has 1 aliphatic heterocycles. The third-order valence-corrected chi connectivity index (χ3v) is 5.34. The molecule has 1 aliphatic rings. The normalized spacial score (nSPS) is 14.5. The molecule has 1 heterocycles. The summed E-state index contributed by atoms with van der Waals surface area (Å²) in [6.45, 7) is 4.31. The van der Waals surface area contributed by atoms with Crippen LogP contribution >= 0.6 is 28.1 Å². The standard InChI is InChI=1S/C19H25BrN2O5S/c1-3-26-18(24)13-6-8-22(9-7-13)19(28)21-17(23)14-4-5-16(15(20)12-14)27-11-10-25-2/h4-5,12-13H,3,6-11H2,1-2H3,(H,21,23,28). The van der Waals surface area contributed by atoms with Gasteiger partial charge in [-0.05, 0) is 66.1 Å². The minimum atomic E-state index is -0.290. The molecule has 0 aromatic heterocycles. The van der Waals surface area contributed by atoms with Crippen LogP contribution in [0.3, 0.4) is 0 Å². The molecular weight excluding hydrogens is 448 g/mol. The van der Waals surface area contributed by atoms with Gasteiger partial charge in [-0.15, -0.1) is 0 Å². The van der Waals surface area contributed by atoms with Gasteiger partial charge in [-0.25, -0.2) is 0 Å². The first-order valence-electron chi connectivity index (χ1n) is 9.14. The van der Waals surface area contributed by atoms with Crippen LogP contribution in [-0.2, 0) is 14.3 Å². The number of piperidine rings is 1. The lowest BCUT2D eigenvalue weighted by Gasteiger charge is -2.32. The van der Waals surface area contributed by atoms with E-state index in [1.54, 1.807) is 32.2 Å². The van der Waals surface area contributed by atoms with E-state index in [4.69, 9.17) is 26.4 Å². The number of benzene rings is 1. The summed E-state index contributed by atoms with van der Waals surface area (Å²) in [7, 11) is 1.61. The van der Waals surface area contributed by atoms with Crippen molar-refractivity contribution in [1.82, 2.24) is 10.2 Å². The fourth-order valence-corrected chi connectivity index (χ4v) is 3.59. The summed E-state index contributed by atoms with van der Waals surface area (Å²) in [6.07, 6.45) is 1.32. The molecule has 1 N–H and O–H groups in total. The molecule has 0 radical (unpaired) electrons. The topological polar surface area (TPSA) is 77.1 Å². The van der Waals surface area contributed by atoms with Gasteiger partial charge in [0.1, 0.15) is 12.4 Å². The van der Waals surface area contributed by atoms with Crippen molar-refractivity contribution in [1.29, 1.82) is 0 Å². The molecule has 28 heavy (non-hydrogen) atoms. The average molecular weight is 473 g/mol. The van der Waals surface area contributed by atoms with Gasteiger partial charge in [0.05, 0.1) is 23.6 Å². The van der Waals surface area contributed by atoms with Gasteiger partial charge in [0.25, 0.3) is 5.91 Å². The lowest BCUT2D eigenvalue weighted by Crippen LogP contribution is -2.47. The maximum Gasteiger partial charge on any atom is 0.309 e. The van der Waals surface area contributed by atoms with Crippen molar-refractivity contribution >= 4 is 45.1 Å². The minimum absolute atomic E-state index is 0.101. The van der Waals surface area contributed by atoms with E-state index in [1.165, 1.54) is 0 Å². The second-order valence-corrected chi connectivity index (χ2v) is 7.50. The average Bonchev–Trinajstić information content (AvgIpc) is 2.69. The summed E-state index contributed by atoms with van der Waals surface area (Å²) in [5.41, 5.74) is 0.467. The molecule has 0 unspecified atom stereocenters. The Morgan fingerprint density at radius 1 is 1.29 bits per heavy atom. The maximum atomic E-state index is 12.5. The summed E-state index contributed by atoms with van der Waals surface area (Å²) in [6, 6.07) is 5.09. The van der Waals surface area contributed by atoms with E-state index in [2.05, 4.69) is 21.2 Å². The molecule has 0 atom stereocenters. The number of amides is 1. The zero-order valence-electron chi connectivity index (χ0n) is 16.0. The van der Waals surface area contributed by atoms with Crippen LogP contribution in [0.25, 0.3) is 0 Å². The van der Waals surface area contributed by atoms with Crippen molar-refractivity contribution in [3.63, 3.8) is 0 Å². The largest absolute Gasteiger partial charge is 0.490 e. The first-order chi connectivity index (χ1) is 13.5. The Morgan fingerprint density at radius 2 is 2.00 bits per heavy atom. The smallest absolute Gasteiger partial charge is 0.309 e. The zero-order valence-corrected chi connectivity index (χ0v) is 18.4. The maximum absolute atomic E-state index is 12.5. The van der Waals surface area contributed by atoms with E-state index >= 15 is 0 Å². The van der Waals surface area contributed by atoms with Gasteiger partial charge in [0, 0.05) is 25.8 Å². The molecule has 154 valence electrons. The highest BCUT2D eigenvalue weighted by atomic mass is 79.9. The van der Waals surface area contributed by atoms with Crippen LogP contribution in [-0.4, -0.2) is 61.9 Å². The van der Waals surface area contributed by atoms with E-state index < -0.39 is 0 Å². The van der Waals surface area contributed by atoms with Crippen LogP contribution in [0.4, 0.5) is 0 Å². The molecule has 1 aromatic rings. The monoisotopic (exact) mass is 472 g/mol. The molecule has 1 fully saturated rings. The lowest BCUT2D eigenvalue weighted by atomic mass is 9.97. The van der Waals surface area contributed by atoms with E-state index in [0.717, 1.165) is 0 Å². The van der Waals surface area contributed by atoms with Crippen LogP contribution in [0.15, 0.2) is 22.7 Å². The number of methoxy groups -OCH3 is 1. The van der Waals surface area contributed by atoms with Crippen molar-refractivity contribution in [2.45, 2.75) is 19.8 Å². The number of esters is 1. The van der Waals surface area contributed by atoms with Gasteiger partial charge >= 0.3 is 5.97 Å². The molecular formula is C19H25BrN2O5S. The molecule has 0 bridgehead atoms. The van der Waals surface area contributed by atoms with Crippen molar-refractivity contribution in [3.05, 3.63) is 28.2 Å². The fraction of sp³-hybridized carbons (Fsp3) is 0.526. The predicted molar refractivity (Wildman–Crippen MR) is 113 cm³/mol. The summed E-state index contributed by atoms with van der Waals surface area (Å²) in [5.74, 6) is 0.0879. The Kier molecular flexibility index (Phi) is 9.14. The highest BCUT2D eigenvalue weighted by Gasteiger charge is 2.27. The van der Waals surface area contributed by atoms with Gasteiger partial charge < -0.3 is 19.1 Å². The minimum Gasteiger partial charge on any atom is -0.490 e. The second kappa shape index (κ2) is 11.3. The van der Waals surface area contributed by atoms with Crippen molar-refractivity contribution in [3.8, 4) is 5.75 Å². The summed E-state index contributed by atoms with van der Waals surface area (Å²) in [5, 5.41) is 3.12. The van der Waals surface area contributed by atoms with Crippen LogP contribution in [0.1, 0.15) is 30.1 Å². The second-order valence-electron chi connectivity index (χ2n) is 6.26. The van der Waals surface area contributed by atoms with Crippen molar-refractivity contribution in [2.24, 2.45) is 5.92 Å². The van der Waals surface area contributed by atoms with Gasteiger partial charge in [-0.3, -0.25) is 14.9 Å². The highest BCUT2D eigenvalue weighted by molar-refractivity contribution is 9.10. The first kappa shape index (κ1) is 22.6. The first-order valence-corrected chi connectivity index (χ1v) is 10.3. The van der Waals surface area contributed by atoms with Crippen LogP contribution in [0.5, 0.6) is 5.75 Å². The molecule has 1 aromatic carbocycles. The molecule has 0 saturated carbocycles. The van der Waals surface area contributed by atoms with Crippen LogP contribution in [0.2, 0.25) is 0 Å². The van der Waals surface area contributed by atoms with E-state index in [0.29, 0.717) is 66.6 Å². The molecule has 9 heteroatoms. The Bertz CT molecular complexity index is 708. The number of ether oxygens (including phenoxy) is 3. The Hall–Kier alpha value is -1.71. The third kappa shape index (κ3) is 6.42. The van der Waals surface area contributed by atoms with Crippen molar-refractivity contribution < 1.29 is 23.8 Å². The number of likely N-dealkylation sites (tertiary alicyclic amines) is 1. The molecule has 2 rings (SSSR count). The zero-order chi connectivity index (χ0) is 20.5. The molecule has 1 amide bonds. The van der Waals surface area contributed by atoms with E-state index in [-0.39, 0.29) is 17.8 Å². The SMILES string of the molecule is CCOC(=O)C1CCN(C(=S)NC(=O)c2ccc(OCCOC)c(Br)c2)CC1. The number of nitrogens with one attached hydrogen (secondary N) is 1. The van der Waals surface area contributed by atoms with Crippen LogP contribution < -0.4 is 10.1 Å². The predicted octanol–water partition coefficient (Wildman–Crippen LogP) is 2.76. The Morgan fingerprint density at radius 3 is 2.61 bits per heavy atom. The van der Waals surface area contributed by atoms with Gasteiger partial charge in [-0.2, -0.15) is 0 Å². The van der Waals surface area contributed by atoms with Gasteiger partial charge in [-0.1, -0.05) is 0 Å².